The molecular formula is C11H26N2. The Kier molecular flexibility index (Phi) is 9.94. The van der Waals surface area contributed by atoms with Crippen LogP contribution in [0.4, 0.5) is 0 Å². The Morgan fingerprint density at radius 2 is 1.38 bits per heavy atom. The fraction of sp³-hybridized carbons (Fsp3) is 1.00. The van der Waals surface area contributed by atoms with Gasteiger partial charge < -0.3 is 0 Å². The van der Waals surface area contributed by atoms with Crippen LogP contribution in [0.1, 0.15) is 52.9 Å². The van der Waals surface area contributed by atoms with E-state index in [0.29, 0.717) is 0 Å². The van der Waals surface area contributed by atoms with E-state index in [1.807, 2.05) is 0 Å². The van der Waals surface area contributed by atoms with Gasteiger partial charge in [-0.15, -0.1) is 0 Å². The molecule has 0 aromatic heterocycles. The lowest BCUT2D eigenvalue weighted by Gasteiger charge is -2.22. The summed E-state index contributed by atoms with van der Waals surface area (Å²) in [5.74, 6) is 0. The summed E-state index contributed by atoms with van der Waals surface area (Å²) in [5.41, 5.74) is 3.47. The lowest BCUT2D eigenvalue weighted by molar-refractivity contribution is 0.182. The molecule has 0 aromatic rings. The molecule has 1 N–H and O–H groups in total. The SMILES string of the molecule is CCCCN(CCCC)NCCC. The highest BCUT2D eigenvalue weighted by Crippen LogP contribution is 1.95. The van der Waals surface area contributed by atoms with E-state index in [1.54, 1.807) is 0 Å². The predicted molar refractivity (Wildman–Crippen MR) is 59.7 cm³/mol. The first-order chi connectivity index (χ1) is 6.35. The average Bonchev–Trinajstić information content (AvgIpc) is 2.17. The maximum atomic E-state index is 3.47. The quantitative estimate of drug-likeness (QED) is 0.557. The average molecular weight is 186 g/mol. The second-order valence-corrected chi connectivity index (χ2v) is 3.60. The Morgan fingerprint density at radius 3 is 1.77 bits per heavy atom. The zero-order chi connectivity index (χ0) is 9.94. The molecule has 0 unspecified atom stereocenters. The van der Waals surface area contributed by atoms with Gasteiger partial charge in [0.15, 0.2) is 0 Å². The highest BCUT2D eigenvalue weighted by Gasteiger charge is 2.00. The maximum Gasteiger partial charge on any atom is 0.0130 e. The first-order valence-electron chi connectivity index (χ1n) is 5.83. The molecule has 0 fully saturated rings. The summed E-state index contributed by atoms with van der Waals surface area (Å²) in [7, 11) is 0. The second kappa shape index (κ2) is 10.0. The summed E-state index contributed by atoms with van der Waals surface area (Å²) < 4.78 is 0. The molecule has 0 amide bonds. The van der Waals surface area contributed by atoms with Crippen LogP contribution in [0.25, 0.3) is 0 Å². The van der Waals surface area contributed by atoms with Gasteiger partial charge in [0.05, 0.1) is 0 Å². The van der Waals surface area contributed by atoms with Gasteiger partial charge in [-0.25, -0.2) is 5.01 Å². The van der Waals surface area contributed by atoms with Crippen molar-refractivity contribution in [2.24, 2.45) is 0 Å². The largest absolute Gasteiger partial charge is 0.255 e. The van der Waals surface area contributed by atoms with Gasteiger partial charge in [0, 0.05) is 19.6 Å². The molecule has 0 atom stereocenters. The Hall–Kier alpha value is -0.0800. The first-order valence-corrected chi connectivity index (χ1v) is 5.83. The summed E-state index contributed by atoms with van der Waals surface area (Å²) in [6, 6.07) is 0. The molecule has 0 aliphatic carbocycles. The van der Waals surface area contributed by atoms with Crippen LogP contribution in [-0.2, 0) is 0 Å². The normalized spacial score (nSPS) is 11.1. The van der Waals surface area contributed by atoms with Gasteiger partial charge in [-0.3, -0.25) is 5.43 Å². The lowest BCUT2D eigenvalue weighted by Crippen LogP contribution is -2.39. The van der Waals surface area contributed by atoms with Crippen molar-refractivity contribution in [3.8, 4) is 0 Å². The van der Waals surface area contributed by atoms with E-state index in [9.17, 15) is 0 Å². The van der Waals surface area contributed by atoms with Gasteiger partial charge in [0.25, 0.3) is 0 Å². The summed E-state index contributed by atoms with van der Waals surface area (Å²) in [5, 5.41) is 2.39. The highest BCUT2D eigenvalue weighted by molar-refractivity contribution is 4.52. The number of nitrogens with zero attached hydrogens (tertiary/aromatic N) is 1. The molecule has 0 bridgehead atoms. The van der Waals surface area contributed by atoms with Crippen LogP contribution in [0.2, 0.25) is 0 Å². The number of hydrogen-bond acceptors (Lipinski definition) is 2. The van der Waals surface area contributed by atoms with Gasteiger partial charge in [-0.05, 0) is 19.3 Å². The smallest absolute Gasteiger partial charge is 0.0130 e. The molecule has 0 saturated carbocycles. The standard InChI is InChI=1S/C11H26N2/c1-4-7-10-13(11-8-5-2)12-9-6-3/h12H,4-11H2,1-3H3. The summed E-state index contributed by atoms with van der Waals surface area (Å²) in [6.07, 6.45) is 6.41. The van der Waals surface area contributed by atoms with E-state index < -0.39 is 0 Å². The van der Waals surface area contributed by atoms with Crippen molar-refractivity contribution >= 4 is 0 Å². The monoisotopic (exact) mass is 186 g/mol. The molecule has 0 saturated heterocycles. The second-order valence-electron chi connectivity index (χ2n) is 3.60. The zero-order valence-corrected chi connectivity index (χ0v) is 9.60. The van der Waals surface area contributed by atoms with Gasteiger partial charge in [0.1, 0.15) is 0 Å². The Morgan fingerprint density at radius 1 is 0.846 bits per heavy atom. The number of hydrazine groups is 1. The van der Waals surface area contributed by atoms with Gasteiger partial charge in [-0.2, -0.15) is 0 Å². The van der Waals surface area contributed by atoms with E-state index in [-0.39, 0.29) is 0 Å². The molecule has 13 heavy (non-hydrogen) atoms. The van der Waals surface area contributed by atoms with Crippen molar-refractivity contribution in [1.82, 2.24) is 10.4 Å². The molecule has 0 aromatic carbocycles. The van der Waals surface area contributed by atoms with E-state index >= 15 is 0 Å². The molecule has 0 radical (unpaired) electrons. The molecule has 2 nitrogen and oxygen atoms in total. The van der Waals surface area contributed by atoms with Crippen LogP contribution in [0, 0.1) is 0 Å². The van der Waals surface area contributed by atoms with Crippen LogP contribution >= 0.6 is 0 Å². The van der Waals surface area contributed by atoms with Crippen molar-refractivity contribution in [2.45, 2.75) is 52.9 Å². The molecule has 2 heteroatoms. The minimum Gasteiger partial charge on any atom is -0.255 e. The number of hydrogen-bond donors (Lipinski definition) is 1. The molecule has 0 aliphatic rings. The first kappa shape index (κ1) is 12.9. The van der Waals surface area contributed by atoms with Gasteiger partial charge >= 0.3 is 0 Å². The number of nitrogens with one attached hydrogen (secondary N) is 1. The molecule has 0 aliphatic heterocycles. The van der Waals surface area contributed by atoms with E-state index in [4.69, 9.17) is 0 Å². The van der Waals surface area contributed by atoms with Crippen molar-refractivity contribution in [2.75, 3.05) is 19.6 Å². The summed E-state index contributed by atoms with van der Waals surface area (Å²) in [4.78, 5) is 0. The molecular weight excluding hydrogens is 160 g/mol. The molecule has 0 rings (SSSR count). The zero-order valence-electron chi connectivity index (χ0n) is 9.60. The van der Waals surface area contributed by atoms with Crippen LogP contribution in [-0.4, -0.2) is 24.6 Å². The molecule has 0 spiro atoms. The number of rotatable bonds is 9. The van der Waals surface area contributed by atoms with E-state index in [1.165, 1.54) is 45.2 Å². The van der Waals surface area contributed by atoms with Crippen molar-refractivity contribution in [3.05, 3.63) is 0 Å². The predicted octanol–water partition coefficient (Wildman–Crippen LogP) is 2.80. The van der Waals surface area contributed by atoms with Crippen LogP contribution in [0.3, 0.4) is 0 Å². The van der Waals surface area contributed by atoms with Gasteiger partial charge in [-0.1, -0.05) is 33.6 Å². The van der Waals surface area contributed by atoms with Crippen LogP contribution in [0.15, 0.2) is 0 Å². The Balaban J connectivity index is 3.47. The fourth-order valence-electron chi connectivity index (χ4n) is 1.24. The Bertz CT molecular complexity index is 75.1. The minimum atomic E-state index is 1.12. The van der Waals surface area contributed by atoms with E-state index in [2.05, 4.69) is 31.2 Å². The maximum absolute atomic E-state index is 3.47. The van der Waals surface area contributed by atoms with Crippen LogP contribution < -0.4 is 5.43 Å². The van der Waals surface area contributed by atoms with Gasteiger partial charge in [0.2, 0.25) is 0 Å². The van der Waals surface area contributed by atoms with Crippen LogP contribution in [0.5, 0.6) is 0 Å². The van der Waals surface area contributed by atoms with E-state index in [0.717, 1.165) is 6.54 Å². The number of unbranched alkanes of at least 4 members (excludes halogenated alkanes) is 2. The summed E-state index contributed by atoms with van der Waals surface area (Å²) >= 11 is 0. The third kappa shape index (κ3) is 8.26. The van der Waals surface area contributed by atoms with Crippen molar-refractivity contribution in [3.63, 3.8) is 0 Å². The van der Waals surface area contributed by atoms with Crippen molar-refractivity contribution < 1.29 is 0 Å². The third-order valence-corrected chi connectivity index (χ3v) is 2.15. The third-order valence-electron chi connectivity index (χ3n) is 2.15. The fourth-order valence-corrected chi connectivity index (χ4v) is 1.24. The highest BCUT2D eigenvalue weighted by atomic mass is 15.5. The lowest BCUT2D eigenvalue weighted by atomic mass is 10.3. The molecule has 0 heterocycles. The summed E-state index contributed by atoms with van der Waals surface area (Å²) in [6.45, 7) is 10.2. The van der Waals surface area contributed by atoms with Crippen molar-refractivity contribution in [1.29, 1.82) is 0 Å². The topological polar surface area (TPSA) is 15.3 Å². The minimum absolute atomic E-state index is 1.12. The Labute approximate surface area is 83.7 Å². The molecule has 80 valence electrons.